The Morgan fingerprint density at radius 2 is 1.70 bits per heavy atom. The molecule has 0 aliphatic heterocycles. The third-order valence-corrected chi connectivity index (χ3v) is 3.72. The predicted molar refractivity (Wildman–Crippen MR) is 91.0 cm³/mol. The second-order valence-electron chi connectivity index (χ2n) is 5.67. The smallest absolute Gasteiger partial charge is 0.228 e. The molecule has 23 heavy (non-hydrogen) atoms. The zero-order chi connectivity index (χ0) is 15.9. The zero-order valence-corrected chi connectivity index (χ0v) is 13.3. The zero-order valence-electron chi connectivity index (χ0n) is 13.3. The molecule has 2 aromatic carbocycles. The summed E-state index contributed by atoms with van der Waals surface area (Å²) in [7, 11) is 0. The van der Waals surface area contributed by atoms with Gasteiger partial charge in [0.05, 0.1) is 0 Å². The Bertz CT molecular complexity index is 710. The molecule has 1 atom stereocenters. The van der Waals surface area contributed by atoms with E-state index in [4.69, 9.17) is 4.52 Å². The third-order valence-electron chi connectivity index (χ3n) is 3.72. The Labute approximate surface area is 136 Å². The van der Waals surface area contributed by atoms with Crippen LogP contribution in [0, 0.1) is 0 Å². The molecule has 1 unspecified atom stereocenters. The van der Waals surface area contributed by atoms with E-state index in [2.05, 4.69) is 46.6 Å². The van der Waals surface area contributed by atoms with E-state index in [9.17, 15) is 0 Å². The lowest BCUT2D eigenvalue weighted by Gasteiger charge is -2.12. The number of hydrogen-bond acceptors (Lipinski definition) is 4. The Hall–Kier alpha value is -2.46. The summed E-state index contributed by atoms with van der Waals surface area (Å²) in [6, 6.07) is 20.8. The van der Waals surface area contributed by atoms with E-state index in [0.717, 1.165) is 24.9 Å². The molecule has 0 saturated carbocycles. The fourth-order valence-corrected chi connectivity index (χ4v) is 2.53. The van der Waals surface area contributed by atoms with Gasteiger partial charge in [0.1, 0.15) is 0 Å². The van der Waals surface area contributed by atoms with Gasteiger partial charge in [-0.25, -0.2) is 0 Å². The summed E-state index contributed by atoms with van der Waals surface area (Å²) in [4.78, 5) is 4.44. The molecule has 4 nitrogen and oxygen atoms in total. The van der Waals surface area contributed by atoms with Crippen molar-refractivity contribution in [2.24, 2.45) is 0 Å². The van der Waals surface area contributed by atoms with E-state index in [-0.39, 0.29) is 0 Å². The average Bonchev–Trinajstić information content (AvgIpc) is 3.05. The molecule has 0 aliphatic rings. The van der Waals surface area contributed by atoms with E-state index in [1.165, 1.54) is 5.56 Å². The number of benzene rings is 2. The second kappa shape index (κ2) is 7.70. The lowest BCUT2D eigenvalue weighted by Crippen LogP contribution is -2.30. The largest absolute Gasteiger partial charge is 0.339 e. The molecule has 0 saturated heterocycles. The molecule has 118 valence electrons. The highest BCUT2D eigenvalue weighted by atomic mass is 16.5. The SMILES string of the molecule is CC(Cc1ccccc1)NCCc1nc(-c2ccccc2)no1. The summed E-state index contributed by atoms with van der Waals surface area (Å²) in [6.07, 6.45) is 1.75. The quantitative estimate of drug-likeness (QED) is 0.726. The molecule has 0 spiro atoms. The van der Waals surface area contributed by atoms with Crippen molar-refractivity contribution < 1.29 is 4.52 Å². The Morgan fingerprint density at radius 1 is 1.00 bits per heavy atom. The third kappa shape index (κ3) is 4.50. The molecule has 3 aromatic rings. The lowest BCUT2D eigenvalue weighted by molar-refractivity contribution is 0.373. The van der Waals surface area contributed by atoms with Gasteiger partial charge in [-0.15, -0.1) is 0 Å². The minimum absolute atomic E-state index is 0.411. The van der Waals surface area contributed by atoms with Gasteiger partial charge in [0.2, 0.25) is 11.7 Å². The van der Waals surface area contributed by atoms with Gasteiger partial charge < -0.3 is 9.84 Å². The number of nitrogens with zero attached hydrogens (tertiary/aromatic N) is 2. The van der Waals surface area contributed by atoms with E-state index in [1.807, 2.05) is 36.4 Å². The van der Waals surface area contributed by atoms with E-state index >= 15 is 0 Å². The van der Waals surface area contributed by atoms with Crippen molar-refractivity contribution in [3.63, 3.8) is 0 Å². The van der Waals surface area contributed by atoms with Crippen molar-refractivity contribution in [2.75, 3.05) is 6.54 Å². The summed E-state index contributed by atoms with van der Waals surface area (Å²) in [5.41, 5.74) is 2.32. The summed E-state index contributed by atoms with van der Waals surface area (Å²) in [5.74, 6) is 1.32. The van der Waals surface area contributed by atoms with Crippen LogP contribution in [0.2, 0.25) is 0 Å². The van der Waals surface area contributed by atoms with E-state index in [1.54, 1.807) is 0 Å². The van der Waals surface area contributed by atoms with Crippen LogP contribution in [0.5, 0.6) is 0 Å². The van der Waals surface area contributed by atoms with Crippen LogP contribution in [0.3, 0.4) is 0 Å². The molecule has 0 bridgehead atoms. The maximum absolute atomic E-state index is 5.32. The molecule has 0 aliphatic carbocycles. The van der Waals surface area contributed by atoms with Crippen LogP contribution in [0.1, 0.15) is 18.4 Å². The average molecular weight is 307 g/mol. The van der Waals surface area contributed by atoms with Gasteiger partial charge in [0, 0.05) is 24.6 Å². The van der Waals surface area contributed by atoms with E-state index < -0.39 is 0 Å². The maximum atomic E-state index is 5.32. The lowest BCUT2D eigenvalue weighted by atomic mass is 10.1. The van der Waals surface area contributed by atoms with Crippen LogP contribution in [0.15, 0.2) is 65.2 Å². The maximum Gasteiger partial charge on any atom is 0.228 e. The number of aromatic nitrogens is 2. The van der Waals surface area contributed by atoms with Gasteiger partial charge in [-0.1, -0.05) is 65.8 Å². The van der Waals surface area contributed by atoms with Crippen LogP contribution in [0.25, 0.3) is 11.4 Å². The van der Waals surface area contributed by atoms with E-state index in [0.29, 0.717) is 17.8 Å². The molecule has 4 heteroatoms. The highest BCUT2D eigenvalue weighted by molar-refractivity contribution is 5.53. The summed E-state index contributed by atoms with van der Waals surface area (Å²) >= 11 is 0. The van der Waals surface area contributed by atoms with Gasteiger partial charge in [-0.05, 0) is 18.9 Å². The summed E-state index contributed by atoms with van der Waals surface area (Å²) in [5, 5.41) is 7.54. The minimum atomic E-state index is 0.411. The van der Waals surface area contributed by atoms with Crippen molar-refractivity contribution in [3.05, 3.63) is 72.1 Å². The molecular weight excluding hydrogens is 286 g/mol. The summed E-state index contributed by atoms with van der Waals surface area (Å²) < 4.78 is 5.32. The predicted octanol–water partition coefficient (Wildman–Crippen LogP) is 3.50. The molecule has 0 radical (unpaired) electrons. The second-order valence-corrected chi connectivity index (χ2v) is 5.67. The molecule has 1 aromatic heterocycles. The van der Waals surface area contributed by atoms with Crippen molar-refractivity contribution >= 4 is 0 Å². The molecule has 1 N–H and O–H groups in total. The van der Waals surface area contributed by atoms with Gasteiger partial charge >= 0.3 is 0 Å². The van der Waals surface area contributed by atoms with Crippen molar-refractivity contribution in [1.29, 1.82) is 0 Å². The van der Waals surface area contributed by atoms with Crippen LogP contribution >= 0.6 is 0 Å². The monoisotopic (exact) mass is 307 g/mol. The number of nitrogens with one attached hydrogen (secondary N) is 1. The van der Waals surface area contributed by atoms with Crippen LogP contribution in [-0.4, -0.2) is 22.7 Å². The fraction of sp³-hybridized carbons (Fsp3) is 0.263. The summed E-state index contributed by atoms with van der Waals surface area (Å²) in [6.45, 7) is 3.01. The molecular formula is C19H21N3O. The van der Waals surface area contributed by atoms with Crippen LogP contribution in [0.4, 0.5) is 0 Å². The molecule has 1 heterocycles. The van der Waals surface area contributed by atoms with Crippen molar-refractivity contribution in [3.8, 4) is 11.4 Å². The fourth-order valence-electron chi connectivity index (χ4n) is 2.53. The highest BCUT2D eigenvalue weighted by Gasteiger charge is 2.09. The number of hydrogen-bond donors (Lipinski definition) is 1. The molecule has 0 fully saturated rings. The number of rotatable bonds is 7. The van der Waals surface area contributed by atoms with Crippen molar-refractivity contribution in [1.82, 2.24) is 15.5 Å². The van der Waals surface area contributed by atoms with Crippen molar-refractivity contribution in [2.45, 2.75) is 25.8 Å². The van der Waals surface area contributed by atoms with Crippen LogP contribution < -0.4 is 5.32 Å². The first kappa shape index (κ1) is 15.4. The van der Waals surface area contributed by atoms with Gasteiger partial charge in [-0.2, -0.15) is 4.98 Å². The normalized spacial score (nSPS) is 12.2. The first-order valence-corrected chi connectivity index (χ1v) is 7.96. The van der Waals surface area contributed by atoms with Crippen LogP contribution in [-0.2, 0) is 12.8 Å². The highest BCUT2D eigenvalue weighted by Crippen LogP contribution is 2.14. The first-order chi connectivity index (χ1) is 11.3. The standard InChI is InChI=1S/C19H21N3O/c1-15(14-16-8-4-2-5-9-16)20-13-12-18-21-19(22-23-18)17-10-6-3-7-11-17/h2-11,15,20H,12-14H2,1H3. The molecule has 3 rings (SSSR count). The van der Waals surface area contributed by atoms with Gasteiger partial charge in [0.25, 0.3) is 0 Å². The Balaban J connectivity index is 1.47. The topological polar surface area (TPSA) is 51.0 Å². The first-order valence-electron chi connectivity index (χ1n) is 7.96. The minimum Gasteiger partial charge on any atom is -0.339 e. The van der Waals surface area contributed by atoms with Gasteiger partial charge in [0.15, 0.2) is 0 Å². The Morgan fingerprint density at radius 3 is 2.43 bits per heavy atom. The Kier molecular flexibility index (Phi) is 5.17. The molecule has 0 amide bonds. The van der Waals surface area contributed by atoms with Gasteiger partial charge in [-0.3, -0.25) is 0 Å².